The molecule has 4 aliphatic carbocycles. The summed E-state index contributed by atoms with van der Waals surface area (Å²) in [6.07, 6.45) is 3.66. The molecule has 0 N–H and O–H groups in total. The third-order valence-electron chi connectivity index (χ3n) is 6.79. The van der Waals surface area contributed by atoms with Crippen molar-refractivity contribution >= 4 is 17.5 Å². The minimum Gasteiger partial charge on any atom is -0.342 e. The summed E-state index contributed by atoms with van der Waals surface area (Å²) in [7, 11) is 0. The van der Waals surface area contributed by atoms with Crippen LogP contribution in [0.2, 0.25) is 0 Å². The highest BCUT2D eigenvalue weighted by Gasteiger charge is 2.81. The molecule has 1 aliphatic heterocycles. The molecule has 0 aromatic carbocycles. The van der Waals surface area contributed by atoms with Gasteiger partial charge < -0.3 is 4.90 Å². The van der Waals surface area contributed by atoms with E-state index in [9.17, 15) is 14.4 Å². The molecule has 5 aliphatic rings. The van der Waals surface area contributed by atoms with Crippen LogP contribution in [0.25, 0.3) is 0 Å². The number of carbonyl (C=O) groups excluding carboxylic acids is 3. The summed E-state index contributed by atoms with van der Waals surface area (Å²) in [6, 6.07) is 0. The molecular weight excluding hydrogens is 254 g/mol. The van der Waals surface area contributed by atoms with Gasteiger partial charge in [-0.3, -0.25) is 14.4 Å². The maximum Gasteiger partial charge on any atom is 0.227 e. The van der Waals surface area contributed by atoms with E-state index in [0.29, 0.717) is 19.0 Å². The second-order valence-electron chi connectivity index (χ2n) is 7.05. The van der Waals surface area contributed by atoms with E-state index in [1.54, 1.807) is 0 Å². The van der Waals surface area contributed by atoms with Gasteiger partial charge in [0, 0.05) is 19.0 Å². The Kier molecular flexibility index (Phi) is 1.73. The van der Waals surface area contributed by atoms with Crippen molar-refractivity contribution in [3.8, 4) is 0 Å². The average molecular weight is 271 g/mol. The molecule has 1 spiro atoms. The smallest absolute Gasteiger partial charge is 0.227 e. The van der Waals surface area contributed by atoms with E-state index in [0.717, 1.165) is 18.4 Å². The van der Waals surface area contributed by atoms with Gasteiger partial charge in [0.05, 0.1) is 5.92 Å². The van der Waals surface area contributed by atoms with Gasteiger partial charge in [-0.25, -0.2) is 0 Å². The molecule has 4 nitrogen and oxygen atoms in total. The summed E-state index contributed by atoms with van der Waals surface area (Å²) < 4.78 is 0. The predicted octanol–water partition coefficient (Wildman–Crippen LogP) is 0.815. The van der Waals surface area contributed by atoms with Crippen LogP contribution in [-0.2, 0) is 14.4 Å². The number of rotatable bonds is 1. The van der Waals surface area contributed by atoms with Crippen LogP contribution in [0.15, 0.2) is 11.6 Å². The maximum absolute atomic E-state index is 12.9. The van der Waals surface area contributed by atoms with Crippen molar-refractivity contribution in [3.05, 3.63) is 11.6 Å². The van der Waals surface area contributed by atoms with Gasteiger partial charge in [-0.15, -0.1) is 0 Å². The highest BCUT2D eigenvalue weighted by molar-refractivity contribution is 6.23. The Bertz CT molecular complexity index is 621. The van der Waals surface area contributed by atoms with Crippen molar-refractivity contribution in [2.45, 2.75) is 19.8 Å². The van der Waals surface area contributed by atoms with Crippen LogP contribution in [0.5, 0.6) is 0 Å². The Morgan fingerprint density at radius 1 is 1.30 bits per heavy atom. The van der Waals surface area contributed by atoms with Crippen LogP contribution in [0.1, 0.15) is 19.8 Å². The number of amides is 1. The molecule has 0 aromatic rings. The van der Waals surface area contributed by atoms with Crippen LogP contribution in [0.4, 0.5) is 0 Å². The highest BCUT2D eigenvalue weighted by atomic mass is 16.2. The second kappa shape index (κ2) is 3.07. The topological polar surface area (TPSA) is 54.5 Å². The largest absolute Gasteiger partial charge is 0.342 e. The normalized spacial score (nSPS) is 51.0. The summed E-state index contributed by atoms with van der Waals surface area (Å²) in [5.41, 5.74) is -0.106. The van der Waals surface area contributed by atoms with Gasteiger partial charge in [-0.2, -0.15) is 0 Å². The van der Waals surface area contributed by atoms with E-state index < -0.39 is 5.41 Å². The van der Waals surface area contributed by atoms with Crippen molar-refractivity contribution in [3.63, 3.8) is 0 Å². The van der Waals surface area contributed by atoms with Gasteiger partial charge in [0.1, 0.15) is 5.41 Å². The van der Waals surface area contributed by atoms with Crippen molar-refractivity contribution in [1.29, 1.82) is 0 Å². The van der Waals surface area contributed by atoms with Gasteiger partial charge in [-0.05, 0) is 43.1 Å². The number of carbonyl (C=O) groups is 3. The average Bonchev–Trinajstić information content (AvgIpc) is 3.07. The molecular formula is C16H17NO3. The molecule has 4 heteroatoms. The molecule has 0 aromatic heterocycles. The van der Waals surface area contributed by atoms with Crippen LogP contribution in [0, 0.1) is 35.0 Å². The molecule has 1 amide bonds. The fraction of sp³-hybridized carbons (Fsp3) is 0.688. The summed E-state index contributed by atoms with van der Waals surface area (Å²) in [5.74, 6) is 0.388. The number of allylic oxidation sites excluding steroid dienone is 2. The second-order valence-corrected chi connectivity index (χ2v) is 7.05. The Morgan fingerprint density at radius 3 is 2.85 bits per heavy atom. The summed E-state index contributed by atoms with van der Waals surface area (Å²) in [4.78, 5) is 40.3. The molecule has 20 heavy (non-hydrogen) atoms. The van der Waals surface area contributed by atoms with Gasteiger partial charge in [0.15, 0.2) is 11.6 Å². The van der Waals surface area contributed by atoms with Crippen LogP contribution in [-0.4, -0.2) is 35.5 Å². The number of hydrogen-bond donors (Lipinski definition) is 0. The van der Waals surface area contributed by atoms with Gasteiger partial charge in [-0.1, -0.05) is 6.08 Å². The first-order valence-corrected chi connectivity index (χ1v) is 7.69. The number of nitrogens with zero attached hydrogens (tertiary/aromatic N) is 1. The molecule has 5 rings (SSSR count). The van der Waals surface area contributed by atoms with E-state index in [1.807, 2.05) is 17.9 Å². The van der Waals surface area contributed by atoms with Crippen molar-refractivity contribution in [1.82, 2.24) is 4.90 Å². The standard InChI is InChI=1S/C16H17NO3/c1-2-17-6-9-11-8-4-3-7-5-10(8)16(13(7)18,14(11)19)12(9)15(17)20/h3,8-12H,2,4-6H2,1H3. The van der Waals surface area contributed by atoms with E-state index in [2.05, 4.69) is 0 Å². The van der Waals surface area contributed by atoms with Gasteiger partial charge in [0.25, 0.3) is 0 Å². The van der Waals surface area contributed by atoms with Gasteiger partial charge in [0.2, 0.25) is 5.91 Å². The number of Topliss-reactive ketones (excluding diaryl/α,β-unsaturated/α-hetero) is 2. The Hall–Kier alpha value is -1.45. The zero-order valence-corrected chi connectivity index (χ0v) is 11.5. The van der Waals surface area contributed by atoms with E-state index in [-0.39, 0.29) is 41.1 Å². The molecule has 6 unspecified atom stereocenters. The van der Waals surface area contributed by atoms with Crippen molar-refractivity contribution in [2.75, 3.05) is 13.1 Å². The van der Waals surface area contributed by atoms with E-state index in [1.165, 1.54) is 0 Å². The SMILES string of the molecule is CCN1CC2C3C(=O)C4(C(=O)C5=CCC3C4C5)C2C1=O. The third kappa shape index (κ3) is 0.827. The number of hydrogen-bond acceptors (Lipinski definition) is 3. The predicted molar refractivity (Wildman–Crippen MR) is 69.5 cm³/mol. The lowest BCUT2D eigenvalue weighted by atomic mass is 9.62. The molecule has 3 saturated carbocycles. The number of likely N-dealkylation sites (tertiary alicyclic amines) is 1. The Balaban J connectivity index is 1.75. The molecule has 104 valence electrons. The van der Waals surface area contributed by atoms with Crippen molar-refractivity contribution < 1.29 is 14.4 Å². The maximum atomic E-state index is 12.9. The first-order valence-electron chi connectivity index (χ1n) is 7.69. The van der Waals surface area contributed by atoms with Crippen LogP contribution in [0.3, 0.4) is 0 Å². The zero-order chi connectivity index (χ0) is 13.8. The third-order valence-corrected chi connectivity index (χ3v) is 6.79. The van der Waals surface area contributed by atoms with Crippen molar-refractivity contribution in [2.24, 2.45) is 35.0 Å². The Labute approximate surface area is 117 Å². The molecule has 6 atom stereocenters. The van der Waals surface area contributed by atoms with Crippen LogP contribution < -0.4 is 0 Å². The monoisotopic (exact) mass is 271 g/mol. The summed E-state index contributed by atoms with van der Waals surface area (Å²) in [6.45, 7) is 3.35. The number of ketones is 2. The lowest BCUT2D eigenvalue weighted by Gasteiger charge is -2.37. The molecule has 4 fully saturated rings. The molecule has 0 radical (unpaired) electrons. The molecule has 1 saturated heterocycles. The summed E-state index contributed by atoms with van der Waals surface area (Å²) in [5, 5.41) is 0. The minimum atomic E-state index is -0.941. The van der Waals surface area contributed by atoms with Crippen LogP contribution >= 0.6 is 0 Å². The first kappa shape index (κ1) is 11.2. The highest BCUT2D eigenvalue weighted by Crippen LogP contribution is 2.72. The first-order chi connectivity index (χ1) is 9.62. The molecule has 1 heterocycles. The van der Waals surface area contributed by atoms with E-state index >= 15 is 0 Å². The summed E-state index contributed by atoms with van der Waals surface area (Å²) >= 11 is 0. The minimum absolute atomic E-state index is 0.0105. The lowest BCUT2D eigenvalue weighted by Crippen LogP contribution is -2.46. The van der Waals surface area contributed by atoms with E-state index in [4.69, 9.17) is 0 Å². The zero-order valence-electron chi connectivity index (χ0n) is 11.5. The lowest BCUT2D eigenvalue weighted by molar-refractivity contribution is -0.146. The fourth-order valence-electron chi connectivity index (χ4n) is 6.20. The number of fused-ring (bicyclic) bond motifs is 5. The van der Waals surface area contributed by atoms with Gasteiger partial charge >= 0.3 is 0 Å². The molecule has 4 bridgehead atoms. The quantitative estimate of drug-likeness (QED) is 0.663. The fourth-order valence-corrected chi connectivity index (χ4v) is 6.20. The Morgan fingerprint density at radius 2 is 2.10 bits per heavy atom.